The van der Waals surface area contributed by atoms with Crippen LogP contribution in [0.5, 0.6) is 0 Å². The second kappa shape index (κ2) is 9.73. The van der Waals surface area contributed by atoms with Gasteiger partial charge in [0.25, 0.3) is 5.91 Å². The molecule has 1 aliphatic rings. The molecule has 152 valence electrons. The van der Waals surface area contributed by atoms with E-state index in [1.54, 1.807) is 12.1 Å². The Kier molecular flexibility index (Phi) is 6.84. The second-order valence-electron chi connectivity index (χ2n) is 6.96. The van der Waals surface area contributed by atoms with Gasteiger partial charge in [-0.25, -0.2) is 4.79 Å². The number of para-hydroxylation sites is 1. The Labute approximate surface area is 169 Å². The molecule has 0 unspecified atom stereocenters. The highest BCUT2D eigenvalue weighted by atomic mass is 16.5. The van der Waals surface area contributed by atoms with Crippen LogP contribution in [0, 0.1) is 0 Å². The van der Waals surface area contributed by atoms with Gasteiger partial charge in [0.05, 0.1) is 6.42 Å². The van der Waals surface area contributed by atoms with E-state index in [0.717, 1.165) is 19.3 Å². The summed E-state index contributed by atoms with van der Waals surface area (Å²) in [4.78, 5) is 36.0. The van der Waals surface area contributed by atoms with Gasteiger partial charge in [-0.05, 0) is 61.6 Å². The van der Waals surface area contributed by atoms with Crippen molar-refractivity contribution in [3.8, 4) is 0 Å². The second-order valence-corrected chi connectivity index (χ2v) is 6.96. The maximum absolute atomic E-state index is 12.3. The van der Waals surface area contributed by atoms with E-state index in [4.69, 9.17) is 4.74 Å². The van der Waals surface area contributed by atoms with Gasteiger partial charge < -0.3 is 20.7 Å². The fourth-order valence-corrected chi connectivity index (χ4v) is 3.18. The molecule has 0 aliphatic heterocycles. The van der Waals surface area contributed by atoms with E-state index in [1.807, 2.05) is 36.4 Å². The van der Waals surface area contributed by atoms with Crippen molar-refractivity contribution in [2.75, 3.05) is 17.2 Å². The number of aryl methyl sites for hydroxylation is 2. The lowest BCUT2D eigenvalue weighted by Crippen LogP contribution is -2.33. The number of carbonyl (C=O) groups excluding carboxylic acids is 3. The van der Waals surface area contributed by atoms with Crippen molar-refractivity contribution in [1.29, 1.82) is 0 Å². The van der Waals surface area contributed by atoms with E-state index < -0.39 is 18.1 Å². The van der Waals surface area contributed by atoms with Crippen molar-refractivity contribution in [3.63, 3.8) is 0 Å². The van der Waals surface area contributed by atoms with E-state index >= 15 is 0 Å². The summed E-state index contributed by atoms with van der Waals surface area (Å²) < 4.78 is 5.15. The van der Waals surface area contributed by atoms with Crippen molar-refractivity contribution in [2.24, 2.45) is 0 Å². The number of fused-ring (bicyclic) bond motifs is 1. The number of hydrogen-bond donors (Lipinski definition) is 3. The van der Waals surface area contributed by atoms with Gasteiger partial charge in [-0.15, -0.1) is 0 Å². The Hall–Kier alpha value is -3.35. The van der Waals surface area contributed by atoms with Crippen LogP contribution in [0.25, 0.3) is 0 Å². The lowest BCUT2D eigenvalue weighted by molar-refractivity contribution is -0.153. The first-order chi connectivity index (χ1) is 14.0. The van der Waals surface area contributed by atoms with Crippen molar-refractivity contribution < 1.29 is 19.1 Å². The smallest absolute Gasteiger partial charge is 0.319 e. The number of ether oxygens (including phenoxy) is 1. The van der Waals surface area contributed by atoms with Crippen LogP contribution in [-0.4, -0.2) is 30.6 Å². The van der Waals surface area contributed by atoms with E-state index in [-0.39, 0.29) is 18.9 Å². The molecule has 2 aromatic rings. The quantitative estimate of drug-likeness (QED) is 0.627. The largest absolute Gasteiger partial charge is 0.452 e. The first-order valence-electron chi connectivity index (χ1n) is 9.73. The van der Waals surface area contributed by atoms with Crippen LogP contribution in [0.3, 0.4) is 0 Å². The average molecular weight is 395 g/mol. The first kappa shape index (κ1) is 20.4. The minimum Gasteiger partial charge on any atom is -0.452 e. The normalized spacial score (nSPS) is 13.1. The molecule has 7 nitrogen and oxygen atoms in total. The number of anilines is 2. The molecule has 1 atom stereocenters. The molecule has 0 heterocycles. The minimum absolute atomic E-state index is 0.0291. The van der Waals surface area contributed by atoms with Crippen LogP contribution in [0.4, 0.5) is 16.2 Å². The van der Waals surface area contributed by atoms with Gasteiger partial charge in [0.1, 0.15) is 0 Å². The highest BCUT2D eigenvalue weighted by Gasteiger charge is 2.19. The van der Waals surface area contributed by atoms with E-state index in [2.05, 4.69) is 16.0 Å². The molecule has 2 aromatic carbocycles. The predicted octanol–water partition coefficient (Wildman–Crippen LogP) is 3.26. The van der Waals surface area contributed by atoms with E-state index in [1.165, 1.54) is 18.1 Å². The lowest BCUT2D eigenvalue weighted by atomic mass is 10.1. The molecule has 3 amide bonds. The summed E-state index contributed by atoms with van der Waals surface area (Å²) in [7, 11) is 0. The third kappa shape index (κ3) is 6.07. The molecule has 0 saturated carbocycles. The summed E-state index contributed by atoms with van der Waals surface area (Å²) in [5, 5.41) is 8.01. The molecular weight excluding hydrogens is 370 g/mol. The van der Waals surface area contributed by atoms with Gasteiger partial charge in [-0.3, -0.25) is 9.59 Å². The number of carbonyl (C=O) groups is 3. The summed E-state index contributed by atoms with van der Waals surface area (Å²) in [6, 6.07) is 14.4. The number of urea groups is 1. The maximum Gasteiger partial charge on any atom is 0.319 e. The Morgan fingerprint density at radius 2 is 1.72 bits per heavy atom. The van der Waals surface area contributed by atoms with Crippen LogP contribution in [-0.2, 0) is 27.2 Å². The SMILES string of the molecule is C[C@H](OC(=O)CCNC(=O)Nc1ccccc1)C(=O)Nc1ccc2c(c1)CCC2. The Morgan fingerprint density at radius 1 is 0.966 bits per heavy atom. The molecule has 0 radical (unpaired) electrons. The molecule has 1 aliphatic carbocycles. The monoisotopic (exact) mass is 395 g/mol. The van der Waals surface area contributed by atoms with E-state index in [9.17, 15) is 14.4 Å². The fraction of sp³-hybridized carbons (Fsp3) is 0.318. The third-order valence-corrected chi connectivity index (χ3v) is 4.69. The first-order valence-corrected chi connectivity index (χ1v) is 9.73. The van der Waals surface area contributed by atoms with Gasteiger partial charge in [0, 0.05) is 17.9 Å². The Morgan fingerprint density at radius 3 is 2.52 bits per heavy atom. The summed E-state index contributed by atoms with van der Waals surface area (Å²) in [5.74, 6) is -0.937. The van der Waals surface area contributed by atoms with Crippen molar-refractivity contribution in [2.45, 2.75) is 38.7 Å². The van der Waals surface area contributed by atoms with Gasteiger partial charge in [-0.2, -0.15) is 0 Å². The average Bonchev–Trinajstić information content (AvgIpc) is 3.16. The van der Waals surface area contributed by atoms with Crippen LogP contribution >= 0.6 is 0 Å². The summed E-state index contributed by atoms with van der Waals surface area (Å²) >= 11 is 0. The van der Waals surface area contributed by atoms with E-state index in [0.29, 0.717) is 11.4 Å². The van der Waals surface area contributed by atoms with Crippen LogP contribution in [0.15, 0.2) is 48.5 Å². The van der Waals surface area contributed by atoms with Crippen LogP contribution < -0.4 is 16.0 Å². The minimum atomic E-state index is -0.922. The third-order valence-electron chi connectivity index (χ3n) is 4.69. The molecule has 0 fully saturated rings. The number of amides is 3. The molecule has 3 N–H and O–H groups in total. The zero-order valence-corrected chi connectivity index (χ0v) is 16.4. The molecule has 0 bridgehead atoms. The van der Waals surface area contributed by atoms with Crippen molar-refractivity contribution in [3.05, 3.63) is 59.7 Å². The summed E-state index contributed by atoms with van der Waals surface area (Å²) in [6.07, 6.45) is 2.29. The zero-order chi connectivity index (χ0) is 20.6. The molecule has 0 aromatic heterocycles. The van der Waals surface area contributed by atoms with Crippen molar-refractivity contribution in [1.82, 2.24) is 5.32 Å². The predicted molar refractivity (Wildman–Crippen MR) is 111 cm³/mol. The molecule has 0 spiro atoms. The molecule has 3 rings (SSSR count). The summed E-state index contributed by atoms with van der Waals surface area (Å²) in [6.45, 7) is 1.63. The van der Waals surface area contributed by atoms with Crippen LogP contribution in [0.1, 0.15) is 30.9 Å². The number of hydrogen-bond acceptors (Lipinski definition) is 4. The molecule has 7 heteroatoms. The number of esters is 1. The number of rotatable bonds is 7. The topological polar surface area (TPSA) is 96.5 Å². The highest BCUT2D eigenvalue weighted by Crippen LogP contribution is 2.25. The fourth-order valence-electron chi connectivity index (χ4n) is 3.18. The van der Waals surface area contributed by atoms with Gasteiger partial charge >= 0.3 is 12.0 Å². The number of benzene rings is 2. The standard InChI is InChI=1S/C22H25N3O4/c1-15(21(27)24-19-11-10-16-6-5-7-17(16)14-19)29-20(26)12-13-23-22(28)25-18-8-3-2-4-9-18/h2-4,8-11,14-15H,5-7,12-13H2,1H3,(H,24,27)(H2,23,25,28)/t15-/m0/s1. The Bertz CT molecular complexity index is 883. The molecular formula is C22H25N3O4. The van der Waals surface area contributed by atoms with Gasteiger partial charge in [0.2, 0.25) is 0 Å². The Balaban J connectivity index is 1.37. The van der Waals surface area contributed by atoms with Crippen LogP contribution in [0.2, 0.25) is 0 Å². The van der Waals surface area contributed by atoms with Gasteiger partial charge in [-0.1, -0.05) is 24.3 Å². The van der Waals surface area contributed by atoms with Crippen molar-refractivity contribution >= 4 is 29.3 Å². The number of nitrogens with one attached hydrogen (secondary N) is 3. The zero-order valence-electron chi connectivity index (χ0n) is 16.4. The maximum atomic E-state index is 12.3. The molecule has 0 saturated heterocycles. The van der Waals surface area contributed by atoms with Gasteiger partial charge in [0.15, 0.2) is 6.10 Å². The summed E-state index contributed by atoms with van der Waals surface area (Å²) in [5.41, 5.74) is 3.95. The lowest BCUT2D eigenvalue weighted by Gasteiger charge is -2.14. The highest BCUT2D eigenvalue weighted by molar-refractivity contribution is 5.95. The molecule has 29 heavy (non-hydrogen) atoms.